The fraction of sp³-hybridized carbons (Fsp3) is 0.364. The fourth-order valence-corrected chi connectivity index (χ4v) is 3.30. The van der Waals surface area contributed by atoms with Crippen molar-refractivity contribution in [2.24, 2.45) is 0 Å². The second-order valence-electron chi connectivity index (χ2n) is 6.85. The van der Waals surface area contributed by atoms with Crippen LogP contribution in [-0.2, 0) is 16.0 Å². The molecule has 1 saturated heterocycles. The van der Waals surface area contributed by atoms with Gasteiger partial charge in [-0.15, -0.1) is 0 Å². The summed E-state index contributed by atoms with van der Waals surface area (Å²) in [6.45, 7) is 6.69. The van der Waals surface area contributed by atoms with E-state index >= 15 is 0 Å². The van der Waals surface area contributed by atoms with Gasteiger partial charge in [-0.1, -0.05) is 25.1 Å². The predicted molar refractivity (Wildman–Crippen MR) is 111 cm³/mol. The van der Waals surface area contributed by atoms with Crippen molar-refractivity contribution in [1.82, 2.24) is 4.90 Å². The molecule has 6 nitrogen and oxygen atoms in total. The molecule has 0 unspecified atom stereocenters. The Morgan fingerprint density at radius 3 is 2.46 bits per heavy atom. The number of carbonyl (C=O) groups excluding carboxylic acids is 2. The summed E-state index contributed by atoms with van der Waals surface area (Å²) in [5, 5.41) is 6.11. The van der Waals surface area contributed by atoms with Crippen LogP contribution < -0.4 is 10.6 Å². The minimum absolute atomic E-state index is 0.00510. The Morgan fingerprint density at radius 1 is 1.07 bits per heavy atom. The van der Waals surface area contributed by atoms with Crippen molar-refractivity contribution in [1.29, 1.82) is 0 Å². The minimum Gasteiger partial charge on any atom is -0.378 e. The Labute approximate surface area is 165 Å². The zero-order valence-electron chi connectivity index (χ0n) is 16.5. The molecule has 0 spiro atoms. The first-order valence-electron chi connectivity index (χ1n) is 9.67. The number of aryl methyl sites for hydroxylation is 2. The largest absolute Gasteiger partial charge is 0.378 e. The fourth-order valence-electron chi connectivity index (χ4n) is 3.30. The number of hydrogen-bond donors (Lipinski definition) is 2. The lowest BCUT2D eigenvalue weighted by atomic mass is 10.1. The first-order valence-corrected chi connectivity index (χ1v) is 9.67. The highest BCUT2D eigenvalue weighted by molar-refractivity contribution is 5.96. The zero-order valence-corrected chi connectivity index (χ0v) is 16.5. The van der Waals surface area contributed by atoms with E-state index < -0.39 is 0 Å². The molecule has 0 saturated carbocycles. The third-order valence-electron chi connectivity index (χ3n) is 4.88. The molecule has 2 aromatic rings. The van der Waals surface area contributed by atoms with Crippen LogP contribution in [0, 0.1) is 6.92 Å². The highest BCUT2D eigenvalue weighted by Gasteiger charge is 2.18. The van der Waals surface area contributed by atoms with Crippen molar-refractivity contribution in [3.8, 4) is 0 Å². The smallest absolute Gasteiger partial charge is 0.254 e. The van der Waals surface area contributed by atoms with Crippen LogP contribution >= 0.6 is 0 Å². The summed E-state index contributed by atoms with van der Waals surface area (Å²) in [4.78, 5) is 26.5. The van der Waals surface area contributed by atoms with Crippen LogP contribution in [0.15, 0.2) is 42.5 Å². The maximum absolute atomic E-state index is 12.5. The first kappa shape index (κ1) is 19.9. The Hall–Kier alpha value is -2.86. The maximum atomic E-state index is 12.5. The van der Waals surface area contributed by atoms with Gasteiger partial charge in [0.2, 0.25) is 5.91 Å². The lowest BCUT2D eigenvalue weighted by Crippen LogP contribution is -2.40. The molecule has 0 radical (unpaired) electrons. The van der Waals surface area contributed by atoms with Crippen molar-refractivity contribution in [3.05, 3.63) is 59.2 Å². The minimum atomic E-state index is -0.127. The quantitative estimate of drug-likeness (QED) is 0.807. The van der Waals surface area contributed by atoms with Crippen molar-refractivity contribution in [2.45, 2.75) is 20.3 Å². The van der Waals surface area contributed by atoms with E-state index in [2.05, 4.69) is 23.6 Å². The molecule has 0 aromatic heterocycles. The van der Waals surface area contributed by atoms with Crippen LogP contribution in [0.4, 0.5) is 11.4 Å². The van der Waals surface area contributed by atoms with Gasteiger partial charge in [0.25, 0.3) is 5.91 Å². The molecular formula is C22H27N3O3. The van der Waals surface area contributed by atoms with E-state index in [1.54, 1.807) is 29.2 Å². The number of nitrogens with zero attached hydrogens (tertiary/aromatic N) is 1. The molecule has 0 atom stereocenters. The molecule has 1 heterocycles. The number of morpholine rings is 1. The van der Waals surface area contributed by atoms with Crippen LogP contribution in [0.2, 0.25) is 0 Å². The van der Waals surface area contributed by atoms with Crippen LogP contribution in [0.1, 0.15) is 28.4 Å². The van der Waals surface area contributed by atoms with Crippen molar-refractivity contribution in [2.75, 3.05) is 43.5 Å². The third-order valence-corrected chi connectivity index (χ3v) is 4.88. The van der Waals surface area contributed by atoms with Crippen LogP contribution in [0.3, 0.4) is 0 Å². The van der Waals surface area contributed by atoms with Gasteiger partial charge in [0, 0.05) is 30.0 Å². The van der Waals surface area contributed by atoms with Crippen molar-refractivity contribution >= 4 is 23.2 Å². The summed E-state index contributed by atoms with van der Waals surface area (Å²) >= 11 is 0. The molecule has 148 valence electrons. The molecular weight excluding hydrogens is 354 g/mol. The molecule has 0 aliphatic carbocycles. The highest BCUT2D eigenvalue weighted by atomic mass is 16.5. The standard InChI is InChI=1S/C22H27N3O3/c1-3-17-6-4-5-16(2)21(17)23-15-20(26)24-19-9-7-18(8-10-19)22(27)25-11-13-28-14-12-25/h4-10,23H,3,11-15H2,1-2H3,(H,24,26). The van der Waals surface area contributed by atoms with Crippen molar-refractivity contribution < 1.29 is 14.3 Å². The number of benzene rings is 2. The molecule has 1 fully saturated rings. The second kappa shape index (κ2) is 9.37. The van der Waals surface area contributed by atoms with Crippen molar-refractivity contribution in [3.63, 3.8) is 0 Å². The second-order valence-corrected chi connectivity index (χ2v) is 6.85. The van der Waals surface area contributed by atoms with E-state index in [0.717, 1.165) is 17.7 Å². The third kappa shape index (κ3) is 4.89. The van der Waals surface area contributed by atoms with E-state index in [1.807, 2.05) is 19.1 Å². The number of hydrogen-bond acceptors (Lipinski definition) is 4. The van der Waals surface area contributed by atoms with E-state index in [1.165, 1.54) is 5.56 Å². The predicted octanol–water partition coefficient (Wildman–Crippen LogP) is 3.08. The van der Waals surface area contributed by atoms with Crippen LogP contribution in [-0.4, -0.2) is 49.6 Å². The maximum Gasteiger partial charge on any atom is 0.254 e. The van der Waals surface area contributed by atoms with Crippen LogP contribution in [0.25, 0.3) is 0 Å². The lowest BCUT2D eigenvalue weighted by Gasteiger charge is -2.26. The van der Waals surface area contributed by atoms with Gasteiger partial charge in [-0.3, -0.25) is 9.59 Å². The summed E-state index contributed by atoms with van der Waals surface area (Å²) in [6, 6.07) is 13.1. The van der Waals surface area contributed by atoms with Gasteiger partial charge in [0.15, 0.2) is 0 Å². The number of nitrogens with one attached hydrogen (secondary N) is 2. The molecule has 0 bridgehead atoms. The van der Waals surface area contributed by atoms with Gasteiger partial charge < -0.3 is 20.3 Å². The van der Waals surface area contributed by atoms with Gasteiger partial charge in [-0.25, -0.2) is 0 Å². The molecule has 3 rings (SSSR count). The van der Waals surface area contributed by atoms with Gasteiger partial charge in [-0.05, 0) is 48.7 Å². The Kier molecular flexibility index (Phi) is 6.66. The van der Waals surface area contributed by atoms with Crippen LogP contribution in [0.5, 0.6) is 0 Å². The number of carbonyl (C=O) groups is 2. The number of ether oxygens (including phenoxy) is 1. The number of rotatable bonds is 6. The number of anilines is 2. The average molecular weight is 381 g/mol. The first-order chi connectivity index (χ1) is 13.6. The Balaban J connectivity index is 1.55. The zero-order chi connectivity index (χ0) is 19.9. The summed E-state index contributed by atoms with van der Waals surface area (Å²) in [5.41, 5.74) is 4.62. The van der Waals surface area contributed by atoms with E-state index in [0.29, 0.717) is 37.6 Å². The molecule has 1 aliphatic rings. The molecule has 6 heteroatoms. The van der Waals surface area contributed by atoms with E-state index in [4.69, 9.17) is 4.74 Å². The SMILES string of the molecule is CCc1cccc(C)c1NCC(=O)Nc1ccc(C(=O)N2CCOCC2)cc1. The van der Waals surface area contributed by atoms with Gasteiger partial charge in [0.1, 0.15) is 0 Å². The monoisotopic (exact) mass is 381 g/mol. The summed E-state index contributed by atoms with van der Waals surface area (Å²) in [5.74, 6) is -0.132. The van der Waals surface area contributed by atoms with Gasteiger partial charge >= 0.3 is 0 Å². The number of amides is 2. The highest BCUT2D eigenvalue weighted by Crippen LogP contribution is 2.21. The summed E-state index contributed by atoms with van der Waals surface area (Å²) < 4.78 is 5.28. The summed E-state index contributed by atoms with van der Waals surface area (Å²) in [7, 11) is 0. The number of para-hydroxylation sites is 1. The summed E-state index contributed by atoms with van der Waals surface area (Å²) in [6.07, 6.45) is 0.907. The lowest BCUT2D eigenvalue weighted by molar-refractivity contribution is -0.114. The molecule has 28 heavy (non-hydrogen) atoms. The Morgan fingerprint density at radius 2 is 1.79 bits per heavy atom. The molecule has 1 aliphatic heterocycles. The molecule has 2 N–H and O–H groups in total. The normalized spacial score (nSPS) is 13.9. The van der Waals surface area contributed by atoms with Gasteiger partial charge in [-0.2, -0.15) is 0 Å². The Bertz CT molecular complexity index is 827. The average Bonchev–Trinajstić information content (AvgIpc) is 2.73. The molecule has 2 amide bonds. The topological polar surface area (TPSA) is 70.7 Å². The van der Waals surface area contributed by atoms with Gasteiger partial charge in [0.05, 0.1) is 19.8 Å². The molecule has 2 aromatic carbocycles. The van der Waals surface area contributed by atoms with E-state index in [-0.39, 0.29) is 18.4 Å². The van der Waals surface area contributed by atoms with E-state index in [9.17, 15) is 9.59 Å².